The van der Waals surface area contributed by atoms with E-state index in [0.29, 0.717) is 5.88 Å². The Balaban J connectivity index is 1.76. The number of hydrogen-bond donors (Lipinski definition) is 0. The summed E-state index contributed by atoms with van der Waals surface area (Å²) >= 11 is 1.79. The first-order chi connectivity index (χ1) is 9.36. The van der Waals surface area contributed by atoms with Crippen molar-refractivity contribution in [3.05, 3.63) is 40.7 Å². The molecule has 0 atom stereocenters. The molecule has 1 aliphatic heterocycles. The molecule has 0 saturated carbocycles. The second-order valence-corrected chi connectivity index (χ2v) is 5.25. The second kappa shape index (κ2) is 5.40. The Bertz CT molecular complexity index is 580. The van der Waals surface area contributed by atoms with Gasteiger partial charge in [-0.2, -0.15) is 4.98 Å². The average molecular weight is 273 g/mol. The number of rotatable bonds is 3. The fourth-order valence-electron chi connectivity index (χ4n) is 2.13. The van der Waals surface area contributed by atoms with Crippen LogP contribution in [0.2, 0.25) is 0 Å². The summed E-state index contributed by atoms with van der Waals surface area (Å²) in [5.74, 6) is 1.35. The Kier molecular flexibility index (Phi) is 3.46. The van der Waals surface area contributed by atoms with Gasteiger partial charge >= 0.3 is 0 Å². The summed E-state index contributed by atoms with van der Waals surface area (Å²) in [6.07, 6.45) is 5.03. The first-order valence-corrected chi connectivity index (χ1v) is 7.09. The third-order valence-electron chi connectivity index (χ3n) is 3.16. The van der Waals surface area contributed by atoms with Crippen molar-refractivity contribution in [2.75, 3.05) is 25.1 Å². The molecule has 2 aromatic heterocycles. The molecule has 4 nitrogen and oxygen atoms in total. The summed E-state index contributed by atoms with van der Waals surface area (Å²) in [6.45, 7) is 1.79. The largest absolute Gasteiger partial charge is 0.481 e. The fourth-order valence-corrected chi connectivity index (χ4v) is 2.93. The summed E-state index contributed by atoms with van der Waals surface area (Å²) in [5, 5.41) is 2.12. The molecule has 0 N–H and O–H groups in total. The van der Waals surface area contributed by atoms with Crippen LogP contribution in [0.25, 0.3) is 5.57 Å². The van der Waals surface area contributed by atoms with Crippen LogP contribution >= 0.6 is 11.3 Å². The van der Waals surface area contributed by atoms with E-state index in [1.807, 2.05) is 0 Å². The molecule has 0 spiro atoms. The van der Waals surface area contributed by atoms with E-state index in [1.165, 1.54) is 10.5 Å². The molecule has 3 rings (SSSR count). The highest BCUT2D eigenvalue weighted by molar-refractivity contribution is 7.11. The van der Waals surface area contributed by atoms with Crippen LogP contribution in [0, 0.1) is 0 Å². The van der Waals surface area contributed by atoms with Crippen LogP contribution in [0.3, 0.4) is 0 Å². The molecular formula is C14H15N3OS. The normalized spacial score (nSPS) is 15.2. The lowest BCUT2D eigenvalue weighted by atomic mass is 10.1. The predicted octanol–water partition coefficient (Wildman–Crippen LogP) is 2.84. The average Bonchev–Trinajstić information content (AvgIpc) is 3.02. The molecule has 19 heavy (non-hydrogen) atoms. The van der Waals surface area contributed by atoms with E-state index in [2.05, 4.69) is 38.5 Å². The SMILES string of the molecule is COc1ccnc(N2CC=C(c3cccs3)CC2)n1. The van der Waals surface area contributed by atoms with E-state index in [-0.39, 0.29) is 0 Å². The zero-order chi connectivity index (χ0) is 13.1. The Morgan fingerprint density at radius 3 is 3.00 bits per heavy atom. The van der Waals surface area contributed by atoms with Crippen LogP contribution in [0.1, 0.15) is 11.3 Å². The monoisotopic (exact) mass is 273 g/mol. The molecule has 0 radical (unpaired) electrons. The van der Waals surface area contributed by atoms with E-state index in [1.54, 1.807) is 30.7 Å². The van der Waals surface area contributed by atoms with Crippen LogP contribution in [0.5, 0.6) is 5.88 Å². The van der Waals surface area contributed by atoms with Gasteiger partial charge in [0.25, 0.3) is 0 Å². The smallest absolute Gasteiger partial charge is 0.228 e. The van der Waals surface area contributed by atoms with Gasteiger partial charge in [0.15, 0.2) is 0 Å². The number of hydrogen-bond acceptors (Lipinski definition) is 5. The molecule has 0 bridgehead atoms. The van der Waals surface area contributed by atoms with Gasteiger partial charge in [0, 0.05) is 30.2 Å². The lowest BCUT2D eigenvalue weighted by Crippen LogP contribution is -2.29. The third-order valence-corrected chi connectivity index (χ3v) is 4.10. The van der Waals surface area contributed by atoms with Gasteiger partial charge in [-0.05, 0) is 23.4 Å². The molecule has 0 fully saturated rings. The van der Waals surface area contributed by atoms with Gasteiger partial charge in [0.1, 0.15) is 0 Å². The number of aromatic nitrogens is 2. The second-order valence-electron chi connectivity index (χ2n) is 4.30. The maximum absolute atomic E-state index is 5.13. The van der Waals surface area contributed by atoms with Crippen molar-refractivity contribution in [1.29, 1.82) is 0 Å². The zero-order valence-electron chi connectivity index (χ0n) is 10.7. The van der Waals surface area contributed by atoms with Crippen LogP contribution < -0.4 is 9.64 Å². The number of anilines is 1. The molecule has 5 heteroatoms. The van der Waals surface area contributed by atoms with E-state index >= 15 is 0 Å². The van der Waals surface area contributed by atoms with Crippen LogP contribution in [0.15, 0.2) is 35.9 Å². The van der Waals surface area contributed by atoms with Gasteiger partial charge in [-0.1, -0.05) is 12.1 Å². The van der Waals surface area contributed by atoms with Crippen molar-refractivity contribution in [2.45, 2.75) is 6.42 Å². The van der Waals surface area contributed by atoms with Gasteiger partial charge in [-0.3, -0.25) is 0 Å². The first kappa shape index (κ1) is 12.2. The van der Waals surface area contributed by atoms with Crippen molar-refractivity contribution in [2.24, 2.45) is 0 Å². The minimum Gasteiger partial charge on any atom is -0.481 e. The number of methoxy groups -OCH3 is 1. The third kappa shape index (κ3) is 2.61. The van der Waals surface area contributed by atoms with Gasteiger partial charge < -0.3 is 9.64 Å². The van der Waals surface area contributed by atoms with E-state index in [0.717, 1.165) is 25.5 Å². The molecule has 0 unspecified atom stereocenters. The molecule has 3 heterocycles. The standard InChI is InChI=1S/C14H15N3OS/c1-18-13-4-7-15-14(16-13)17-8-5-11(6-9-17)12-3-2-10-19-12/h2-5,7,10H,6,8-9H2,1H3. The van der Waals surface area contributed by atoms with Crippen molar-refractivity contribution in [1.82, 2.24) is 9.97 Å². The van der Waals surface area contributed by atoms with Crippen molar-refractivity contribution in [3.8, 4) is 5.88 Å². The van der Waals surface area contributed by atoms with Gasteiger partial charge in [-0.15, -0.1) is 11.3 Å². The van der Waals surface area contributed by atoms with Crippen LogP contribution in [0.4, 0.5) is 5.95 Å². The Hall–Kier alpha value is -1.88. The highest BCUT2D eigenvalue weighted by Crippen LogP contribution is 2.27. The van der Waals surface area contributed by atoms with E-state index < -0.39 is 0 Å². The molecule has 0 aliphatic carbocycles. The van der Waals surface area contributed by atoms with Gasteiger partial charge in [0.2, 0.25) is 11.8 Å². The Labute approximate surface area is 116 Å². The van der Waals surface area contributed by atoms with E-state index in [9.17, 15) is 0 Å². The number of ether oxygens (including phenoxy) is 1. The lowest BCUT2D eigenvalue weighted by Gasteiger charge is -2.26. The highest BCUT2D eigenvalue weighted by Gasteiger charge is 2.16. The maximum Gasteiger partial charge on any atom is 0.228 e. The molecule has 98 valence electrons. The lowest BCUT2D eigenvalue weighted by molar-refractivity contribution is 0.396. The van der Waals surface area contributed by atoms with Crippen molar-refractivity contribution >= 4 is 22.9 Å². The summed E-state index contributed by atoms with van der Waals surface area (Å²) in [5.41, 5.74) is 1.43. The summed E-state index contributed by atoms with van der Waals surface area (Å²) in [4.78, 5) is 12.2. The topological polar surface area (TPSA) is 38.2 Å². The summed E-state index contributed by atoms with van der Waals surface area (Å²) in [6, 6.07) is 6.03. The molecule has 0 saturated heterocycles. The molecule has 0 amide bonds. The van der Waals surface area contributed by atoms with Crippen molar-refractivity contribution in [3.63, 3.8) is 0 Å². The first-order valence-electron chi connectivity index (χ1n) is 6.22. The predicted molar refractivity (Wildman–Crippen MR) is 77.7 cm³/mol. The maximum atomic E-state index is 5.13. The Morgan fingerprint density at radius 1 is 1.37 bits per heavy atom. The minimum atomic E-state index is 0.609. The molecule has 1 aliphatic rings. The highest BCUT2D eigenvalue weighted by atomic mass is 32.1. The summed E-state index contributed by atoms with van der Waals surface area (Å²) < 4.78 is 5.13. The number of thiophene rings is 1. The Morgan fingerprint density at radius 2 is 2.32 bits per heavy atom. The van der Waals surface area contributed by atoms with Crippen molar-refractivity contribution < 1.29 is 4.74 Å². The number of nitrogens with zero attached hydrogens (tertiary/aromatic N) is 3. The quantitative estimate of drug-likeness (QED) is 0.862. The minimum absolute atomic E-state index is 0.609. The van der Waals surface area contributed by atoms with Crippen LogP contribution in [-0.4, -0.2) is 30.2 Å². The molecule has 0 aromatic carbocycles. The fraction of sp³-hybridized carbons (Fsp3) is 0.286. The zero-order valence-corrected chi connectivity index (χ0v) is 11.6. The van der Waals surface area contributed by atoms with E-state index in [4.69, 9.17) is 4.74 Å². The summed E-state index contributed by atoms with van der Waals surface area (Å²) in [7, 11) is 1.62. The van der Waals surface area contributed by atoms with Gasteiger partial charge in [-0.25, -0.2) is 4.98 Å². The van der Waals surface area contributed by atoms with Crippen LogP contribution in [-0.2, 0) is 0 Å². The molecule has 2 aromatic rings. The van der Waals surface area contributed by atoms with Gasteiger partial charge in [0.05, 0.1) is 7.11 Å². The molecular weight excluding hydrogens is 258 g/mol.